The van der Waals surface area contributed by atoms with E-state index in [-0.39, 0.29) is 4.47 Å². The van der Waals surface area contributed by atoms with Crippen molar-refractivity contribution in [1.82, 2.24) is 0 Å². The number of alkyl halides is 3. The van der Waals surface area contributed by atoms with Crippen LogP contribution in [0.3, 0.4) is 0 Å². The minimum absolute atomic E-state index is 0.151. The summed E-state index contributed by atoms with van der Waals surface area (Å²) in [7, 11) is 0. The molecule has 0 aliphatic heterocycles. The molecule has 0 heterocycles. The average molecular weight is 274 g/mol. The van der Waals surface area contributed by atoms with Crippen LogP contribution in [0, 0.1) is 5.82 Å². The smallest absolute Gasteiger partial charge is 0.405 e. The molecule has 2 nitrogen and oxygen atoms in total. The normalized spacial score (nSPS) is 11.5. The molecule has 1 aromatic rings. The first-order valence-electron chi connectivity index (χ1n) is 3.30. The number of anilines is 1. The molecule has 0 atom stereocenters. The number of ether oxygens (including phenoxy) is 1. The van der Waals surface area contributed by atoms with Crippen LogP contribution in [0.15, 0.2) is 16.6 Å². The van der Waals surface area contributed by atoms with Crippen LogP contribution in [0.5, 0.6) is 5.75 Å². The molecule has 2 N–H and O–H groups in total. The van der Waals surface area contributed by atoms with Gasteiger partial charge in [-0.05, 0) is 22.0 Å². The van der Waals surface area contributed by atoms with Gasteiger partial charge in [-0.25, -0.2) is 4.39 Å². The van der Waals surface area contributed by atoms with E-state index >= 15 is 0 Å². The third-order valence-electron chi connectivity index (χ3n) is 1.28. The van der Waals surface area contributed by atoms with Crippen LogP contribution >= 0.6 is 15.9 Å². The molecule has 78 valence electrons. The highest BCUT2D eigenvalue weighted by Gasteiger charge is 2.32. The summed E-state index contributed by atoms with van der Waals surface area (Å²) in [6.07, 6.45) is -4.83. The van der Waals surface area contributed by atoms with Gasteiger partial charge in [-0.3, -0.25) is 0 Å². The lowest BCUT2D eigenvalue weighted by atomic mass is 10.3. The highest BCUT2D eigenvalue weighted by atomic mass is 79.9. The van der Waals surface area contributed by atoms with E-state index < -0.39 is 23.6 Å². The number of halogens is 5. The second-order valence-electron chi connectivity index (χ2n) is 2.35. The van der Waals surface area contributed by atoms with Crippen LogP contribution in [0.25, 0.3) is 0 Å². The van der Waals surface area contributed by atoms with E-state index in [0.717, 1.165) is 12.1 Å². The van der Waals surface area contributed by atoms with E-state index in [0.29, 0.717) is 0 Å². The highest BCUT2D eigenvalue weighted by Crippen LogP contribution is 2.33. The van der Waals surface area contributed by atoms with Crippen LogP contribution in [0.2, 0.25) is 0 Å². The lowest BCUT2D eigenvalue weighted by molar-refractivity contribution is -0.274. The summed E-state index contributed by atoms with van der Waals surface area (Å²) in [5.74, 6) is -1.39. The predicted octanol–water partition coefficient (Wildman–Crippen LogP) is 3.07. The molecule has 0 amide bonds. The lowest BCUT2D eigenvalue weighted by Gasteiger charge is -2.11. The summed E-state index contributed by atoms with van der Waals surface area (Å²) < 4.78 is 51.5. The van der Waals surface area contributed by atoms with Gasteiger partial charge in [-0.15, -0.1) is 13.2 Å². The summed E-state index contributed by atoms with van der Waals surface area (Å²) in [6, 6.07) is 1.56. The van der Waals surface area contributed by atoms with Crippen molar-refractivity contribution in [1.29, 1.82) is 0 Å². The average Bonchev–Trinajstić information content (AvgIpc) is 1.97. The molecule has 0 bridgehead atoms. The van der Waals surface area contributed by atoms with Crippen molar-refractivity contribution in [3.8, 4) is 5.75 Å². The Morgan fingerprint density at radius 1 is 1.29 bits per heavy atom. The molecule has 1 rings (SSSR count). The Balaban J connectivity index is 3.04. The zero-order chi connectivity index (χ0) is 10.9. The second kappa shape index (κ2) is 3.64. The van der Waals surface area contributed by atoms with Crippen LogP contribution in [-0.2, 0) is 0 Å². The first-order chi connectivity index (χ1) is 6.29. The standard InChI is InChI=1S/C7H4BrF4NO/c8-3-1-4(9)5(13)2-6(3)14-7(10,11)12/h1-2H,13H2. The number of nitrogens with two attached hydrogens (primary N) is 1. The molecular weight excluding hydrogens is 270 g/mol. The van der Waals surface area contributed by atoms with Gasteiger partial charge in [0.05, 0.1) is 10.2 Å². The van der Waals surface area contributed by atoms with E-state index in [1.165, 1.54) is 0 Å². The van der Waals surface area contributed by atoms with Gasteiger partial charge in [0.15, 0.2) is 0 Å². The molecule has 0 aliphatic rings. The van der Waals surface area contributed by atoms with Crippen LogP contribution in [0.1, 0.15) is 0 Å². The molecule has 0 radical (unpaired) electrons. The van der Waals surface area contributed by atoms with E-state index in [2.05, 4.69) is 20.7 Å². The Morgan fingerprint density at radius 3 is 2.36 bits per heavy atom. The van der Waals surface area contributed by atoms with Gasteiger partial charge >= 0.3 is 6.36 Å². The van der Waals surface area contributed by atoms with Crippen molar-refractivity contribution >= 4 is 21.6 Å². The maximum Gasteiger partial charge on any atom is 0.573 e. The lowest BCUT2D eigenvalue weighted by Crippen LogP contribution is -2.17. The molecular formula is C7H4BrF4NO. The third-order valence-corrected chi connectivity index (χ3v) is 1.90. The van der Waals surface area contributed by atoms with Gasteiger partial charge in [0.25, 0.3) is 0 Å². The van der Waals surface area contributed by atoms with Crippen molar-refractivity contribution in [3.05, 3.63) is 22.4 Å². The van der Waals surface area contributed by atoms with Crippen molar-refractivity contribution in [2.24, 2.45) is 0 Å². The van der Waals surface area contributed by atoms with Crippen molar-refractivity contribution in [2.45, 2.75) is 6.36 Å². The van der Waals surface area contributed by atoms with Crippen molar-refractivity contribution in [3.63, 3.8) is 0 Å². The predicted molar refractivity (Wildman–Crippen MR) is 45.2 cm³/mol. The van der Waals surface area contributed by atoms with Crippen molar-refractivity contribution in [2.75, 3.05) is 5.73 Å². The van der Waals surface area contributed by atoms with Gasteiger partial charge < -0.3 is 10.5 Å². The Kier molecular flexibility index (Phi) is 2.89. The molecule has 0 spiro atoms. The topological polar surface area (TPSA) is 35.2 Å². The molecule has 7 heteroatoms. The van der Waals surface area contributed by atoms with Gasteiger partial charge in [-0.2, -0.15) is 0 Å². The Bertz CT molecular complexity index is 352. The highest BCUT2D eigenvalue weighted by molar-refractivity contribution is 9.10. The summed E-state index contributed by atoms with van der Waals surface area (Å²) in [4.78, 5) is 0. The number of hydrogen-bond acceptors (Lipinski definition) is 2. The van der Waals surface area contributed by atoms with Crippen LogP contribution in [0.4, 0.5) is 23.2 Å². The zero-order valence-corrected chi connectivity index (χ0v) is 8.12. The minimum atomic E-state index is -4.83. The first-order valence-corrected chi connectivity index (χ1v) is 4.09. The maximum atomic E-state index is 12.7. The molecule has 1 aromatic carbocycles. The Hall–Kier alpha value is -0.980. The minimum Gasteiger partial charge on any atom is -0.405 e. The van der Waals surface area contributed by atoms with Crippen molar-refractivity contribution < 1.29 is 22.3 Å². The van der Waals surface area contributed by atoms with E-state index in [9.17, 15) is 17.6 Å². The molecule has 0 fully saturated rings. The van der Waals surface area contributed by atoms with Gasteiger partial charge in [0.2, 0.25) is 0 Å². The summed E-state index contributed by atoms with van der Waals surface area (Å²) in [5, 5.41) is 0. The zero-order valence-electron chi connectivity index (χ0n) is 6.53. The fourth-order valence-electron chi connectivity index (χ4n) is 0.748. The summed E-state index contributed by atoms with van der Waals surface area (Å²) in [5.41, 5.74) is 4.66. The molecule has 0 aromatic heterocycles. The Morgan fingerprint density at radius 2 is 1.86 bits per heavy atom. The number of benzene rings is 1. The third kappa shape index (κ3) is 2.76. The molecule has 0 saturated carbocycles. The monoisotopic (exact) mass is 273 g/mol. The van der Waals surface area contributed by atoms with Gasteiger partial charge in [-0.1, -0.05) is 0 Å². The summed E-state index contributed by atoms with van der Waals surface area (Å²) in [6.45, 7) is 0. The molecule has 0 aliphatic carbocycles. The molecule has 0 unspecified atom stereocenters. The largest absolute Gasteiger partial charge is 0.573 e. The SMILES string of the molecule is Nc1cc(OC(F)(F)F)c(Br)cc1F. The fraction of sp³-hybridized carbons (Fsp3) is 0.143. The van der Waals surface area contributed by atoms with Crippen LogP contribution in [-0.4, -0.2) is 6.36 Å². The van der Waals surface area contributed by atoms with E-state index in [1.54, 1.807) is 0 Å². The molecule has 14 heavy (non-hydrogen) atoms. The fourth-order valence-corrected chi connectivity index (χ4v) is 1.14. The van der Waals surface area contributed by atoms with Gasteiger partial charge in [0, 0.05) is 6.07 Å². The quantitative estimate of drug-likeness (QED) is 0.631. The van der Waals surface area contributed by atoms with Gasteiger partial charge in [0.1, 0.15) is 11.6 Å². The van der Waals surface area contributed by atoms with E-state index in [1.807, 2.05) is 0 Å². The van der Waals surface area contributed by atoms with E-state index in [4.69, 9.17) is 5.73 Å². The van der Waals surface area contributed by atoms with Crippen LogP contribution < -0.4 is 10.5 Å². The number of nitrogen functional groups attached to an aromatic ring is 1. The first kappa shape index (κ1) is 11.1. The number of hydrogen-bond donors (Lipinski definition) is 1. The molecule has 0 saturated heterocycles. The number of rotatable bonds is 1. The summed E-state index contributed by atoms with van der Waals surface area (Å²) >= 11 is 2.71. The Labute approximate surface area is 84.8 Å². The second-order valence-corrected chi connectivity index (χ2v) is 3.21. The maximum absolute atomic E-state index is 12.7.